The molecule has 1 aromatic rings. The summed E-state index contributed by atoms with van der Waals surface area (Å²) in [6.07, 6.45) is 0.0926. The van der Waals surface area contributed by atoms with E-state index >= 15 is 0 Å². The summed E-state index contributed by atoms with van der Waals surface area (Å²) < 4.78 is 31.3. The van der Waals surface area contributed by atoms with Crippen LogP contribution < -0.4 is 4.72 Å². The Kier molecular flexibility index (Phi) is 5.39. The van der Waals surface area contributed by atoms with E-state index in [1.54, 1.807) is 12.1 Å². The van der Waals surface area contributed by atoms with E-state index in [0.717, 1.165) is 0 Å². The van der Waals surface area contributed by atoms with Crippen molar-refractivity contribution in [3.8, 4) is 0 Å². The number of nitrogens with one attached hydrogen (secondary N) is 1. The number of halogens is 1. The van der Waals surface area contributed by atoms with Crippen LogP contribution >= 0.6 is 11.6 Å². The smallest absolute Gasteiger partial charge is 0.240 e. The van der Waals surface area contributed by atoms with Gasteiger partial charge in [0.25, 0.3) is 0 Å². The Morgan fingerprint density at radius 2 is 1.88 bits per heavy atom. The van der Waals surface area contributed by atoms with Crippen molar-refractivity contribution in [1.82, 2.24) is 4.72 Å². The first-order valence-electron chi connectivity index (χ1n) is 5.28. The Bertz CT molecular complexity index is 442. The van der Waals surface area contributed by atoms with E-state index in [1.165, 1.54) is 12.1 Å². The van der Waals surface area contributed by atoms with E-state index < -0.39 is 10.0 Å². The van der Waals surface area contributed by atoms with Crippen molar-refractivity contribution in [3.05, 3.63) is 29.3 Å². The van der Waals surface area contributed by atoms with Crippen LogP contribution in [0.25, 0.3) is 0 Å². The maximum Gasteiger partial charge on any atom is 0.240 e. The zero-order valence-electron chi connectivity index (χ0n) is 9.81. The number of hydrogen-bond donors (Lipinski definition) is 1. The molecule has 0 radical (unpaired) electrons. The summed E-state index contributed by atoms with van der Waals surface area (Å²) >= 11 is 5.69. The van der Waals surface area contributed by atoms with Gasteiger partial charge in [-0.15, -0.1) is 0 Å². The third-order valence-corrected chi connectivity index (χ3v) is 3.70. The van der Waals surface area contributed by atoms with E-state index in [-0.39, 0.29) is 17.5 Å². The van der Waals surface area contributed by atoms with Crippen molar-refractivity contribution in [2.75, 3.05) is 13.2 Å². The second kappa shape index (κ2) is 6.35. The lowest BCUT2D eigenvalue weighted by atomic mass is 10.4. The normalized spacial score (nSPS) is 12.0. The highest BCUT2D eigenvalue weighted by Gasteiger charge is 2.12. The molecular weight excluding hydrogens is 262 g/mol. The monoisotopic (exact) mass is 277 g/mol. The summed E-state index contributed by atoms with van der Waals surface area (Å²) in [5.74, 6) is 0. The molecular formula is C11H16ClNO3S. The molecule has 0 saturated heterocycles. The highest BCUT2D eigenvalue weighted by Crippen LogP contribution is 2.13. The lowest BCUT2D eigenvalue weighted by molar-refractivity contribution is 0.0834. The van der Waals surface area contributed by atoms with Crippen LogP contribution in [0.3, 0.4) is 0 Å². The number of sulfonamides is 1. The van der Waals surface area contributed by atoms with Crippen molar-refractivity contribution in [2.24, 2.45) is 0 Å². The van der Waals surface area contributed by atoms with E-state index in [2.05, 4.69) is 4.72 Å². The number of hydrogen-bond acceptors (Lipinski definition) is 3. The van der Waals surface area contributed by atoms with Gasteiger partial charge in [0, 0.05) is 11.6 Å². The molecule has 0 fully saturated rings. The fourth-order valence-corrected chi connectivity index (χ4v) is 2.31. The first kappa shape index (κ1) is 14.4. The highest BCUT2D eigenvalue weighted by molar-refractivity contribution is 7.89. The van der Waals surface area contributed by atoms with E-state index in [4.69, 9.17) is 16.3 Å². The molecule has 6 heteroatoms. The van der Waals surface area contributed by atoms with Gasteiger partial charge in [-0.05, 0) is 38.1 Å². The molecule has 0 aliphatic rings. The summed E-state index contributed by atoms with van der Waals surface area (Å²) in [5, 5.41) is 0.507. The van der Waals surface area contributed by atoms with Gasteiger partial charge in [0.2, 0.25) is 10.0 Å². The second-order valence-electron chi connectivity index (χ2n) is 3.77. The van der Waals surface area contributed by atoms with Gasteiger partial charge < -0.3 is 4.74 Å². The van der Waals surface area contributed by atoms with Crippen LogP contribution in [0.4, 0.5) is 0 Å². The van der Waals surface area contributed by atoms with Gasteiger partial charge in [0.05, 0.1) is 17.6 Å². The Balaban J connectivity index is 2.54. The molecule has 4 nitrogen and oxygen atoms in total. The van der Waals surface area contributed by atoms with Crippen molar-refractivity contribution in [2.45, 2.75) is 24.8 Å². The van der Waals surface area contributed by atoms with Crippen LogP contribution in [0, 0.1) is 0 Å². The SMILES string of the molecule is CC(C)OCCNS(=O)(=O)c1ccc(Cl)cc1. The van der Waals surface area contributed by atoms with E-state index in [1.807, 2.05) is 13.8 Å². The Labute approximate surface area is 107 Å². The van der Waals surface area contributed by atoms with Gasteiger partial charge in [0.15, 0.2) is 0 Å². The molecule has 0 atom stereocenters. The lowest BCUT2D eigenvalue weighted by Crippen LogP contribution is -2.28. The van der Waals surface area contributed by atoms with Crippen LogP contribution in [-0.4, -0.2) is 27.7 Å². The topological polar surface area (TPSA) is 55.4 Å². The van der Waals surface area contributed by atoms with Crippen LogP contribution in [0.2, 0.25) is 5.02 Å². The number of ether oxygens (including phenoxy) is 1. The number of benzene rings is 1. The van der Waals surface area contributed by atoms with Gasteiger partial charge in [0.1, 0.15) is 0 Å². The molecule has 1 rings (SSSR count). The summed E-state index contributed by atoms with van der Waals surface area (Å²) in [4.78, 5) is 0.200. The Morgan fingerprint density at radius 1 is 1.29 bits per heavy atom. The predicted octanol–water partition coefficient (Wildman–Crippen LogP) is 2.04. The highest BCUT2D eigenvalue weighted by atomic mass is 35.5. The average Bonchev–Trinajstić information content (AvgIpc) is 2.25. The number of rotatable bonds is 6. The zero-order chi connectivity index (χ0) is 12.9. The second-order valence-corrected chi connectivity index (χ2v) is 5.97. The van der Waals surface area contributed by atoms with Crippen LogP contribution in [0.1, 0.15) is 13.8 Å². The average molecular weight is 278 g/mol. The minimum Gasteiger partial charge on any atom is -0.377 e. The molecule has 0 aliphatic carbocycles. The molecule has 96 valence electrons. The lowest BCUT2D eigenvalue weighted by Gasteiger charge is -2.09. The maximum atomic E-state index is 11.8. The molecule has 0 spiro atoms. The Morgan fingerprint density at radius 3 is 2.41 bits per heavy atom. The van der Waals surface area contributed by atoms with Crippen LogP contribution in [-0.2, 0) is 14.8 Å². The fourth-order valence-electron chi connectivity index (χ4n) is 1.17. The van der Waals surface area contributed by atoms with Crippen molar-refractivity contribution in [1.29, 1.82) is 0 Å². The minimum atomic E-state index is -3.46. The minimum absolute atomic E-state index is 0.0926. The van der Waals surface area contributed by atoms with Gasteiger partial charge in [-0.2, -0.15) is 0 Å². The Hall–Kier alpha value is -0.620. The first-order chi connectivity index (χ1) is 7.92. The molecule has 1 aromatic carbocycles. The van der Waals surface area contributed by atoms with Gasteiger partial charge >= 0.3 is 0 Å². The molecule has 0 aliphatic heterocycles. The third kappa shape index (κ3) is 5.04. The first-order valence-corrected chi connectivity index (χ1v) is 7.15. The van der Waals surface area contributed by atoms with Crippen molar-refractivity contribution >= 4 is 21.6 Å². The van der Waals surface area contributed by atoms with Gasteiger partial charge in [-0.25, -0.2) is 13.1 Å². The van der Waals surface area contributed by atoms with Crippen LogP contribution in [0.5, 0.6) is 0 Å². The zero-order valence-corrected chi connectivity index (χ0v) is 11.4. The van der Waals surface area contributed by atoms with Crippen LogP contribution in [0.15, 0.2) is 29.2 Å². The summed E-state index contributed by atoms with van der Waals surface area (Å²) in [6.45, 7) is 4.40. The summed E-state index contributed by atoms with van der Waals surface area (Å²) in [7, 11) is -3.46. The van der Waals surface area contributed by atoms with E-state index in [0.29, 0.717) is 11.6 Å². The quantitative estimate of drug-likeness (QED) is 0.810. The maximum absolute atomic E-state index is 11.8. The summed E-state index contributed by atoms with van der Waals surface area (Å²) in [6, 6.07) is 6.02. The van der Waals surface area contributed by atoms with Crippen molar-refractivity contribution < 1.29 is 13.2 Å². The van der Waals surface area contributed by atoms with Crippen molar-refractivity contribution in [3.63, 3.8) is 0 Å². The molecule has 0 bridgehead atoms. The van der Waals surface area contributed by atoms with E-state index in [9.17, 15) is 8.42 Å². The molecule has 17 heavy (non-hydrogen) atoms. The van der Waals surface area contributed by atoms with Gasteiger partial charge in [-0.3, -0.25) is 0 Å². The standard InChI is InChI=1S/C11H16ClNO3S/c1-9(2)16-8-7-13-17(14,15)11-5-3-10(12)4-6-11/h3-6,9,13H,7-8H2,1-2H3. The summed E-state index contributed by atoms with van der Waals surface area (Å²) in [5.41, 5.74) is 0. The molecule has 0 amide bonds. The molecule has 0 aromatic heterocycles. The molecule has 0 saturated carbocycles. The molecule has 0 unspecified atom stereocenters. The predicted molar refractivity (Wildman–Crippen MR) is 67.7 cm³/mol. The van der Waals surface area contributed by atoms with Gasteiger partial charge in [-0.1, -0.05) is 11.6 Å². The largest absolute Gasteiger partial charge is 0.377 e. The molecule has 0 heterocycles. The molecule has 1 N–H and O–H groups in total. The third-order valence-electron chi connectivity index (χ3n) is 1.97. The fraction of sp³-hybridized carbons (Fsp3) is 0.455.